The summed E-state index contributed by atoms with van der Waals surface area (Å²) >= 11 is 0. The van der Waals surface area contributed by atoms with Gasteiger partial charge in [0.05, 0.1) is 24.5 Å². The number of nitrogens with zero attached hydrogens (tertiary/aromatic N) is 4. The van der Waals surface area contributed by atoms with Crippen molar-refractivity contribution in [2.45, 2.75) is 25.9 Å². The van der Waals surface area contributed by atoms with E-state index >= 15 is 0 Å². The van der Waals surface area contributed by atoms with Crippen LogP contribution in [0.3, 0.4) is 0 Å². The largest absolute Gasteiger partial charge is 0.492 e. The van der Waals surface area contributed by atoms with Crippen LogP contribution in [0.5, 0.6) is 11.5 Å². The Morgan fingerprint density at radius 2 is 1.95 bits per heavy atom. The lowest BCUT2D eigenvalue weighted by molar-refractivity contribution is 0.0254. The second-order valence-electron chi connectivity index (χ2n) is 9.56. The third-order valence-electron chi connectivity index (χ3n) is 6.83. The zero-order chi connectivity index (χ0) is 26.2. The van der Waals surface area contributed by atoms with Crippen molar-refractivity contribution in [3.63, 3.8) is 0 Å². The first-order valence-electron chi connectivity index (χ1n) is 13.2. The molecular formula is C29H34N6O3. The molecule has 38 heavy (non-hydrogen) atoms. The highest BCUT2D eigenvalue weighted by Crippen LogP contribution is 2.29. The molecule has 0 spiro atoms. The zero-order valence-corrected chi connectivity index (χ0v) is 21.8. The number of piperazine rings is 1. The van der Waals surface area contributed by atoms with Crippen LogP contribution in [0.1, 0.15) is 24.0 Å². The number of aryl methyl sites for hydroxylation is 1. The van der Waals surface area contributed by atoms with Crippen LogP contribution in [-0.2, 0) is 4.74 Å². The maximum absolute atomic E-state index is 9.74. The van der Waals surface area contributed by atoms with E-state index < -0.39 is 0 Å². The van der Waals surface area contributed by atoms with Crippen LogP contribution in [-0.4, -0.2) is 73.5 Å². The number of rotatable bonds is 9. The first-order valence-corrected chi connectivity index (χ1v) is 13.2. The molecule has 1 aromatic heterocycles. The number of ether oxygens (including phenoxy) is 3. The molecular weight excluding hydrogens is 480 g/mol. The molecule has 2 aromatic carbocycles. The highest BCUT2D eigenvalue weighted by Gasteiger charge is 2.18. The van der Waals surface area contributed by atoms with Gasteiger partial charge < -0.3 is 24.8 Å². The molecule has 3 heterocycles. The summed E-state index contributed by atoms with van der Waals surface area (Å²) in [6.45, 7) is 9.15. The molecule has 5 rings (SSSR count). The van der Waals surface area contributed by atoms with Crippen molar-refractivity contribution < 1.29 is 14.2 Å². The number of nitrogens with one attached hydrogen (secondary N) is 2. The maximum Gasteiger partial charge on any atom is 0.227 e. The van der Waals surface area contributed by atoms with Gasteiger partial charge in [0.15, 0.2) is 0 Å². The Balaban J connectivity index is 1.25. The first-order chi connectivity index (χ1) is 18.7. The Bertz CT molecular complexity index is 1270. The Labute approximate surface area is 223 Å². The van der Waals surface area contributed by atoms with Crippen LogP contribution < -0.4 is 20.1 Å². The fourth-order valence-corrected chi connectivity index (χ4v) is 4.61. The molecule has 0 atom stereocenters. The van der Waals surface area contributed by atoms with Crippen LogP contribution in [0.15, 0.2) is 48.7 Å². The Kier molecular flexibility index (Phi) is 8.66. The Hall–Kier alpha value is -3.71. The minimum absolute atomic E-state index is 0.0713. The summed E-state index contributed by atoms with van der Waals surface area (Å²) in [5, 5.41) is 16.4. The third kappa shape index (κ3) is 6.78. The summed E-state index contributed by atoms with van der Waals surface area (Å²) in [5.74, 6) is 1.92. The minimum atomic E-state index is 0.0713. The highest BCUT2D eigenvalue weighted by molar-refractivity contribution is 5.66. The number of nitriles is 1. The minimum Gasteiger partial charge on any atom is -0.492 e. The molecule has 198 valence electrons. The van der Waals surface area contributed by atoms with Gasteiger partial charge in [-0.05, 0) is 42.8 Å². The van der Waals surface area contributed by atoms with Crippen LogP contribution in [0.25, 0.3) is 11.3 Å². The number of hydrogen-bond donors (Lipinski definition) is 2. The summed E-state index contributed by atoms with van der Waals surface area (Å²) < 4.78 is 17.6. The monoisotopic (exact) mass is 514 g/mol. The number of aromatic nitrogens is 2. The molecule has 2 aliphatic rings. The van der Waals surface area contributed by atoms with Gasteiger partial charge >= 0.3 is 0 Å². The quantitative estimate of drug-likeness (QED) is 0.440. The molecule has 0 saturated carbocycles. The topological polar surface area (TPSA) is 105 Å². The molecule has 0 radical (unpaired) electrons. The molecule has 9 heteroatoms. The third-order valence-corrected chi connectivity index (χ3v) is 6.83. The van der Waals surface area contributed by atoms with Crippen LogP contribution >= 0.6 is 0 Å². The van der Waals surface area contributed by atoms with Crippen molar-refractivity contribution in [2.24, 2.45) is 0 Å². The standard InChI is InChI=1S/C29H34N6O3/c1-21-2-4-24(19-28(21)37-17-14-35-12-10-31-11-13-35)33-29-32-9-6-26(34-29)22-3-5-27(23(18-22)20-30)38-25-7-15-36-16-8-25/h2-6,9,18-19,25,31H,7-8,10-17H2,1H3,(H,32,33,34). The zero-order valence-electron chi connectivity index (χ0n) is 21.8. The van der Waals surface area contributed by atoms with Gasteiger partial charge in [-0.1, -0.05) is 6.07 Å². The summed E-state index contributed by atoms with van der Waals surface area (Å²) in [5.41, 5.74) is 3.96. The van der Waals surface area contributed by atoms with Crippen molar-refractivity contribution in [1.29, 1.82) is 5.26 Å². The first kappa shape index (κ1) is 25.9. The predicted octanol–water partition coefficient (Wildman–Crippen LogP) is 3.91. The highest BCUT2D eigenvalue weighted by atomic mass is 16.5. The molecule has 0 unspecified atom stereocenters. The van der Waals surface area contributed by atoms with Gasteiger partial charge in [0.1, 0.15) is 30.3 Å². The number of hydrogen-bond acceptors (Lipinski definition) is 9. The van der Waals surface area contributed by atoms with Gasteiger partial charge in [-0.25, -0.2) is 9.97 Å². The van der Waals surface area contributed by atoms with Crippen LogP contribution in [0, 0.1) is 18.3 Å². The molecule has 3 aromatic rings. The van der Waals surface area contributed by atoms with Gasteiger partial charge in [0, 0.05) is 69.1 Å². The summed E-state index contributed by atoms with van der Waals surface area (Å²) in [6, 6.07) is 15.7. The smallest absolute Gasteiger partial charge is 0.227 e. The second kappa shape index (κ2) is 12.7. The van der Waals surface area contributed by atoms with Gasteiger partial charge in [-0.3, -0.25) is 4.90 Å². The fraction of sp³-hybridized carbons (Fsp3) is 0.414. The summed E-state index contributed by atoms with van der Waals surface area (Å²) in [6.07, 6.45) is 3.44. The lowest BCUT2D eigenvalue weighted by Crippen LogP contribution is -2.44. The van der Waals surface area contributed by atoms with Crippen LogP contribution in [0.4, 0.5) is 11.6 Å². The van der Waals surface area contributed by atoms with Gasteiger partial charge in [0.2, 0.25) is 5.95 Å². The van der Waals surface area contributed by atoms with E-state index in [0.29, 0.717) is 37.1 Å². The van der Waals surface area contributed by atoms with Gasteiger partial charge in [-0.2, -0.15) is 5.26 Å². The Morgan fingerprint density at radius 3 is 2.76 bits per heavy atom. The molecule has 2 N–H and O–H groups in total. The average molecular weight is 515 g/mol. The van der Waals surface area contributed by atoms with Crippen molar-refractivity contribution in [3.05, 3.63) is 59.8 Å². The average Bonchev–Trinajstić information content (AvgIpc) is 2.96. The molecule has 2 saturated heterocycles. The molecule has 2 aliphatic heterocycles. The van der Waals surface area contributed by atoms with Crippen molar-refractivity contribution in [1.82, 2.24) is 20.2 Å². The van der Waals surface area contributed by atoms with E-state index in [1.165, 1.54) is 0 Å². The van der Waals surface area contributed by atoms with E-state index in [1.807, 2.05) is 49.4 Å². The van der Waals surface area contributed by atoms with Gasteiger partial charge in [-0.15, -0.1) is 0 Å². The maximum atomic E-state index is 9.74. The number of anilines is 2. The van der Waals surface area contributed by atoms with Crippen molar-refractivity contribution in [2.75, 3.05) is 57.9 Å². The van der Waals surface area contributed by atoms with Gasteiger partial charge in [0.25, 0.3) is 0 Å². The van der Waals surface area contributed by atoms with Crippen molar-refractivity contribution >= 4 is 11.6 Å². The molecule has 0 aliphatic carbocycles. The molecule has 0 bridgehead atoms. The van der Waals surface area contributed by atoms with E-state index in [0.717, 1.165) is 73.8 Å². The fourth-order valence-electron chi connectivity index (χ4n) is 4.61. The molecule has 9 nitrogen and oxygen atoms in total. The van der Waals surface area contributed by atoms with E-state index in [1.54, 1.807) is 6.20 Å². The lowest BCUT2D eigenvalue weighted by Gasteiger charge is -2.27. The Morgan fingerprint density at radius 1 is 1.11 bits per heavy atom. The predicted molar refractivity (Wildman–Crippen MR) is 146 cm³/mol. The second-order valence-corrected chi connectivity index (χ2v) is 9.56. The molecule has 2 fully saturated rings. The van der Waals surface area contributed by atoms with E-state index in [-0.39, 0.29) is 6.10 Å². The summed E-state index contributed by atoms with van der Waals surface area (Å²) in [4.78, 5) is 11.5. The normalized spacial score (nSPS) is 16.5. The van der Waals surface area contributed by atoms with E-state index in [2.05, 4.69) is 26.6 Å². The SMILES string of the molecule is Cc1ccc(Nc2nccc(-c3ccc(OC4CCOCC4)c(C#N)c3)n2)cc1OCCN1CCNCC1. The molecule has 0 amide bonds. The lowest BCUT2D eigenvalue weighted by atomic mass is 10.1. The van der Waals surface area contributed by atoms with E-state index in [4.69, 9.17) is 19.2 Å². The number of benzene rings is 2. The van der Waals surface area contributed by atoms with Crippen molar-refractivity contribution in [3.8, 4) is 28.8 Å². The van der Waals surface area contributed by atoms with E-state index in [9.17, 15) is 5.26 Å². The summed E-state index contributed by atoms with van der Waals surface area (Å²) in [7, 11) is 0. The van der Waals surface area contributed by atoms with Crippen LogP contribution in [0.2, 0.25) is 0 Å².